The van der Waals surface area contributed by atoms with E-state index in [9.17, 15) is 0 Å². The van der Waals surface area contributed by atoms with Gasteiger partial charge in [0.15, 0.2) is 5.84 Å². The Balaban J connectivity index is 1.53. The summed E-state index contributed by atoms with van der Waals surface area (Å²) < 4.78 is 2.48. The van der Waals surface area contributed by atoms with Crippen LogP contribution in [0.5, 0.6) is 0 Å². The van der Waals surface area contributed by atoms with E-state index in [4.69, 9.17) is 5.10 Å². The van der Waals surface area contributed by atoms with Crippen LogP contribution in [-0.2, 0) is 0 Å². The van der Waals surface area contributed by atoms with E-state index in [0.717, 1.165) is 17.7 Å². The first-order valence-corrected chi connectivity index (χ1v) is 10.1. The maximum atomic E-state index is 4.80. The molecule has 0 unspecified atom stereocenters. The largest absolute Gasteiger partial charge is 0.333 e. The quantitative estimate of drug-likeness (QED) is 0.760. The minimum Gasteiger partial charge on any atom is -0.333 e. The minimum absolute atomic E-state index is 0.0733. The maximum absolute atomic E-state index is 4.80. The highest BCUT2D eigenvalue weighted by Crippen LogP contribution is 2.50. The Morgan fingerprint density at radius 3 is 2.83 bits per heavy atom. The lowest BCUT2D eigenvalue weighted by Crippen LogP contribution is -2.62. The van der Waals surface area contributed by atoms with Crippen LogP contribution in [0.1, 0.15) is 37.0 Å². The highest BCUT2D eigenvalue weighted by atomic mass is 79.9. The molecule has 1 aromatic carbocycles. The van der Waals surface area contributed by atoms with Crippen LogP contribution >= 0.6 is 27.3 Å². The lowest BCUT2D eigenvalue weighted by atomic mass is 9.64. The molecule has 3 saturated carbocycles. The molecule has 3 nitrogen and oxygen atoms in total. The van der Waals surface area contributed by atoms with Gasteiger partial charge in [-0.2, -0.15) is 5.10 Å². The summed E-state index contributed by atoms with van der Waals surface area (Å²) in [6, 6.07) is 8.68. The second kappa shape index (κ2) is 4.96. The van der Waals surface area contributed by atoms with Gasteiger partial charge in [-0.15, -0.1) is 11.3 Å². The number of amidine groups is 1. The Bertz CT molecular complexity index is 806. The zero-order chi connectivity index (χ0) is 15.6. The van der Waals surface area contributed by atoms with Gasteiger partial charge < -0.3 is 4.90 Å². The number of hydrogen-bond donors (Lipinski definition) is 1. The van der Waals surface area contributed by atoms with Gasteiger partial charge in [0, 0.05) is 22.1 Å². The van der Waals surface area contributed by atoms with Crippen LogP contribution in [0.3, 0.4) is 0 Å². The second-order valence-corrected chi connectivity index (χ2v) is 9.13. The summed E-state index contributed by atoms with van der Waals surface area (Å²) in [5.74, 6) is 2.73. The van der Waals surface area contributed by atoms with E-state index in [1.54, 1.807) is 0 Å². The van der Waals surface area contributed by atoms with Crippen molar-refractivity contribution in [3.05, 3.63) is 33.6 Å². The van der Waals surface area contributed by atoms with E-state index >= 15 is 0 Å². The van der Waals surface area contributed by atoms with Crippen molar-refractivity contribution in [2.75, 3.05) is 7.05 Å². The smallest absolute Gasteiger partial charge is 0.167 e. The van der Waals surface area contributed by atoms with Gasteiger partial charge >= 0.3 is 0 Å². The van der Waals surface area contributed by atoms with Gasteiger partial charge in [-0.1, -0.05) is 12.1 Å². The van der Waals surface area contributed by atoms with Gasteiger partial charge in [0.25, 0.3) is 0 Å². The van der Waals surface area contributed by atoms with Crippen molar-refractivity contribution in [1.29, 1.82) is 0 Å². The average molecular weight is 390 g/mol. The molecule has 0 saturated heterocycles. The van der Waals surface area contributed by atoms with Gasteiger partial charge in [0.1, 0.15) is 5.66 Å². The molecule has 1 spiro atoms. The summed E-state index contributed by atoms with van der Waals surface area (Å²) in [6.07, 6.45) is 6.77. The molecule has 0 radical (unpaired) electrons. The molecular formula is C18H20BrN3S. The fourth-order valence-electron chi connectivity index (χ4n) is 4.85. The number of benzene rings is 1. The number of rotatable bonds is 1. The summed E-state index contributed by atoms with van der Waals surface area (Å²) in [7, 11) is 2.24. The molecule has 0 amide bonds. The van der Waals surface area contributed by atoms with E-state index in [1.807, 2.05) is 11.3 Å². The monoisotopic (exact) mass is 389 g/mol. The third-order valence-corrected chi connectivity index (χ3v) is 8.21. The molecule has 1 N–H and O–H groups in total. The summed E-state index contributed by atoms with van der Waals surface area (Å²) in [5, 5.41) is 6.09. The number of thiophene rings is 1. The number of hydrogen-bond acceptors (Lipinski definition) is 4. The van der Waals surface area contributed by atoms with Crippen molar-refractivity contribution >= 4 is 43.2 Å². The van der Waals surface area contributed by atoms with Crippen LogP contribution in [0.25, 0.3) is 10.1 Å². The maximum Gasteiger partial charge on any atom is 0.167 e. The minimum atomic E-state index is 0.0733. The molecule has 120 valence electrons. The standard InChI is InChI=1S/C18H20BrN3S/c1-22-17(15-9-12-3-2-4-14(19)16(12)23-15)20-21-18(22)10-11-5-7-13(18)8-6-11/h2-4,9,11,13,21H,5-8,10H2,1H3/t11?,13?,18-/m1/s1. The van der Waals surface area contributed by atoms with E-state index in [0.29, 0.717) is 0 Å². The first kappa shape index (κ1) is 14.3. The van der Waals surface area contributed by atoms with Crippen LogP contribution in [0.15, 0.2) is 33.8 Å². The van der Waals surface area contributed by atoms with Crippen molar-refractivity contribution < 1.29 is 0 Å². The number of hydrazone groups is 1. The molecule has 2 bridgehead atoms. The molecule has 1 aromatic heterocycles. The zero-order valence-corrected chi connectivity index (χ0v) is 15.6. The van der Waals surface area contributed by atoms with Crippen LogP contribution in [0.4, 0.5) is 0 Å². The van der Waals surface area contributed by atoms with E-state index in [-0.39, 0.29) is 5.66 Å². The number of nitrogens with one attached hydrogen (secondary N) is 1. The highest BCUT2D eigenvalue weighted by molar-refractivity contribution is 9.10. The summed E-state index contributed by atoms with van der Waals surface area (Å²) in [5.41, 5.74) is 3.64. The van der Waals surface area contributed by atoms with Gasteiger partial charge in [0.2, 0.25) is 0 Å². The van der Waals surface area contributed by atoms with Crippen molar-refractivity contribution in [3.63, 3.8) is 0 Å². The third kappa shape index (κ3) is 1.96. The fraction of sp³-hybridized carbons (Fsp3) is 0.500. The van der Waals surface area contributed by atoms with E-state index in [1.165, 1.54) is 51.5 Å². The molecule has 1 atom stereocenters. The van der Waals surface area contributed by atoms with Crippen LogP contribution in [0, 0.1) is 11.8 Å². The van der Waals surface area contributed by atoms with Crippen molar-refractivity contribution in [3.8, 4) is 0 Å². The Morgan fingerprint density at radius 1 is 1.30 bits per heavy atom. The van der Waals surface area contributed by atoms with Crippen LogP contribution < -0.4 is 5.43 Å². The lowest BCUT2D eigenvalue weighted by molar-refractivity contribution is -0.0196. The SMILES string of the molecule is CN1C(c2cc3cccc(Br)c3s2)=NN[C@]12CC1CCC2CC1. The summed E-state index contributed by atoms with van der Waals surface area (Å²) in [4.78, 5) is 3.71. The molecule has 1 aliphatic heterocycles. The van der Waals surface area contributed by atoms with Gasteiger partial charge in [-0.05, 0) is 71.5 Å². The van der Waals surface area contributed by atoms with Crippen LogP contribution in [0.2, 0.25) is 0 Å². The fourth-order valence-corrected chi connectivity index (χ4v) is 6.56. The second-order valence-electron chi connectivity index (χ2n) is 7.22. The third-order valence-electron chi connectivity index (χ3n) is 6.11. The Hall–Kier alpha value is -1.07. The number of fused-ring (bicyclic) bond motifs is 3. The number of nitrogens with zero attached hydrogens (tertiary/aromatic N) is 2. The molecule has 5 heteroatoms. The highest BCUT2D eigenvalue weighted by Gasteiger charge is 2.53. The molecular weight excluding hydrogens is 370 g/mol. The number of halogens is 1. The Labute approximate surface area is 148 Å². The first-order chi connectivity index (χ1) is 11.2. The lowest BCUT2D eigenvalue weighted by Gasteiger charge is -2.52. The molecule has 2 heterocycles. The Kier molecular flexibility index (Phi) is 3.08. The molecule has 6 rings (SSSR count). The molecule has 23 heavy (non-hydrogen) atoms. The van der Waals surface area contributed by atoms with Crippen molar-refractivity contribution in [1.82, 2.24) is 10.3 Å². The molecule has 3 aliphatic carbocycles. The first-order valence-electron chi connectivity index (χ1n) is 8.44. The van der Waals surface area contributed by atoms with Crippen molar-refractivity contribution in [2.45, 2.75) is 37.8 Å². The van der Waals surface area contributed by atoms with Crippen molar-refractivity contribution in [2.24, 2.45) is 16.9 Å². The Morgan fingerprint density at radius 2 is 2.13 bits per heavy atom. The van der Waals surface area contributed by atoms with Crippen LogP contribution in [-0.4, -0.2) is 23.4 Å². The predicted octanol–water partition coefficient (Wildman–Crippen LogP) is 4.77. The summed E-state index contributed by atoms with van der Waals surface area (Å²) >= 11 is 5.50. The van der Waals surface area contributed by atoms with Gasteiger partial charge in [-0.25, -0.2) is 0 Å². The molecule has 3 fully saturated rings. The normalized spacial score (nSPS) is 32.6. The topological polar surface area (TPSA) is 27.6 Å². The summed E-state index contributed by atoms with van der Waals surface area (Å²) in [6.45, 7) is 0. The van der Waals surface area contributed by atoms with Gasteiger partial charge in [-0.3, -0.25) is 5.43 Å². The van der Waals surface area contributed by atoms with Gasteiger partial charge in [0.05, 0.1) is 4.88 Å². The zero-order valence-electron chi connectivity index (χ0n) is 13.2. The van der Waals surface area contributed by atoms with E-state index in [2.05, 4.69) is 57.6 Å². The predicted molar refractivity (Wildman–Crippen MR) is 99.8 cm³/mol. The average Bonchev–Trinajstić information content (AvgIpc) is 3.13. The van der Waals surface area contributed by atoms with E-state index < -0.39 is 0 Å². The molecule has 2 aromatic rings. The molecule has 4 aliphatic rings.